The normalized spacial score (nSPS) is 20.6. The SMILES string of the molecule is O=C(O)c1cnc(NCC2CCCCO2)s1. The van der Waals surface area contributed by atoms with Gasteiger partial charge >= 0.3 is 5.97 Å². The number of ether oxygens (including phenoxy) is 1. The molecule has 1 aromatic heterocycles. The Hall–Kier alpha value is -1.14. The average Bonchev–Trinajstić information content (AvgIpc) is 2.76. The molecule has 16 heavy (non-hydrogen) atoms. The summed E-state index contributed by atoms with van der Waals surface area (Å²) in [7, 11) is 0. The highest BCUT2D eigenvalue weighted by atomic mass is 32.1. The molecular formula is C10H14N2O3S. The monoisotopic (exact) mass is 242 g/mol. The van der Waals surface area contributed by atoms with E-state index in [1.54, 1.807) is 0 Å². The highest BCUT2D eigenvalue weighted by Gasteiger charge is 2.14. The molecule has 1 atom stereocenters. The maximum Gasteiger partial charge on any atom is 0.347 e. The van der Waals surface area contributed by atoms with Gasteiger partial charge in [-0.15, -0.1) is 0 Å². The molecule has 0 aliphatic carbocycles. The number of hydrogen-bond acceptors (Lipinski definition) is 5. The number of aromatic carboxylic acids is 1. The second kappa shape index (κ2) is 5.27. The molecule has 6 heteroatoms. The molecule has 1 aliphatic heterocycles. The van der Waals surface area contributed by atoms with Gasteiger partial charge in [-0.3, -0.25) is 0 Å². The van der Waals surface area contributed by atoms with Crippen molar-refractivity contribution in [2.45, 2.75) is 25.4 Å². The van der Waals surface area contributed by atoms with Crippen LogP contribution in [0.25, 0.3) is 0 Å². The van der Waals surface area contributed by atoms with Crippen LogP contribution in [0.1, 0.15) is 28.9 Å². The molecule has 88 valence electrons. The van der Waals surface area contributed by atoms with Crippen LogP contribution in [0.15, 0.2) is 6.20 Å². The average molecular weight is 242 g/mol. The Morgan fingerprint density at radius 2 is 2.56 bits per heavy atom. The first-order valence-electron chi connectivity index (χ1n) is 5.30. The minimum atomic E-state index is -0.931. The van der Waals surface area contributed by atoms with Crippen molar-refractivity contribution >= 4 is 22.4 Å². The van der Waals surface area contributed by atoms with E-state index < -0.39 is 5.97 Å². The second-order valence-corrected chi connectivity index (χ2v) is 4.73. The number of nitrogens with zero attached hydrogens (tertiary/aromatic N) is 1. The number of hydrogen-bond donors (Lipinski definition) is 2. The van der Waals surface area contributed by atoms with E-state index in [9.17, 15) is 4.79 Å². The van der Waals surface area contributed by atoms with E-state index >= 15 is 0 Å². The molecule has 2 rings (SSSR count). The van der Waals surface area contributed by atoms with E-state index in [0.29, 0.717) is 11.7 Å². The zero-order chi connectivity index (χ0) is 11.4. The lowest BCUT2D eigenvalue weighted by Gasteiger charge is -2.22. The standard InChI is InChI=1S/C10H14N2O3S/c13-9(14)8-6-12-10(16-8)11-5-7-3-1-2-4-15-7/h6-7H,1-5H2,(H,11,12)(H,13,14). The van der Waals surface area contributed by atoms with Crippen LogP contribution in [0.5, 0.6) is 0 Å². The van der Waals surface area contributed by atoms with Crippen LogP contribution in [0.4, 0.5) is 5.13 Å². The van der Waals surface area contributed by atoms with Gasteiger partial charge in [-0.1, -0.05) is 11.3 Å². The molecule has 2 heterocycles. The number of aromatic nitrogens is 1. The molecule has 0 amide bonds. The summed E-state index contributed by atoms with van der Waals surface area (Å²) in [5.41, 5.74) is 0. The highest BCUT2D eigenvalue weighted by molar-refractivity contribution is 7.17. The molecule has 1 saturated heterocycles. The molecule has 0 saturated carbocycles. The summed E-state index contributed by atoms with van der Waals surface area (Å²) in [5.74, 6) is -0.931. The Labute approximate surface area is 97.5 Å². The summed E-state index contributed by atoms with van der Waals surface area (Å²) in [6.45, 7) is 1.52. The first-order chi connectivity index (χ1) is 7.75. The zero-order valence-corrected chi connectivity index (χ0v) is 9.63. The van der Waals surface area contributed by atoms with Gasteiger partial charge in [0.2, 0.25) is 0 Å². The minimum Gasteiger partial charge on any atom is -0.477 e. The molecule has 1 aliphatic rings. The molecule has 1 unspecified atom stereocenters. The Morgan fingerprint density at radius 1 is 1.69 bits per heavy atom. The number of carbonyl (C=O) groups is 1. The van der Waals surface area contributed by atoms with Crippen molar-refractivity contribution in [1.82, 2.24) is 4.98 Å². The molecule has 0 radical (unpaired) electrons. The van der Waals surface area contributed by atoms with Crippen LogP contribution < -0.4 is 5.32 Å². The Morgan fingerprint density at radius 3 is 3.19 bits per heavy atom. The fourth-order valence-electron chi connectivity index (χ4n) is 1.62. The largest absolute Gasteiger partial charge is 0.477 e. The molecule has 2 N–H and O–H groups in total. The summed E-state index contributed by atoms with van der Waals surface area (Å²) in [5, 5.41) is 12.5. The zero-order valence-electron chi connectivity index (χ0n) is 8.81. The third-order valence-electron chi connectivity index (χ3n) is 2.47. The summed E-state index contributed by atoms with van der Waals surface area (Å²) < 4.78 is 5.55. The number of anilines is 1. The summed E-state index contributed by atoms with van der Waals surface area (Å²) in [4.78, 5) is 14.9. The van der Waals surface area contributed by atoms with Gasteiger partial charge in [0.15, 0.2) is 5.13 Å². The predicted octanol–water partition coefficient (Wildman–Crippen LogP) is 1.82. The van der Waals surface area contributed by atoms with Crippen LogP contribution >= 0.6 is 11.3 Å². The topological polar surface area (TPSA) is 71.5 Å². The molecular weight excluding hydrogens is 228 g/mol. The molecule has 1 fully saturated rings. The molecule has 0 aromatic carbocycles. The minimum absolute atomic E-state index is 0.228. The van der Waals surface area contributed by atoms with Crippen molar-refractivity contribution in [2.75, 3.05) is 18.5 Å². The van der Waals surface area contributed by atoms with Gasteiger partial charge in [0.05, 0.1) is 12.3 Å². The van der Waals surface area contributed by atoms with Gasteiger partial charge < -0.3 is 15.2 Å². The number of carboxylic acids is 1. The lowest BCUT2D eigenvalue weighted by Crippen LogP contribution is -2.26. The summed E-state index contributed by atoms with van der Waals surface area (Å²) in [6, 6.07) is 0. The van der Waals surface area contributed by atoms with Gasteiger partial charge in [-0.05, 0) is 19.3 Å². The first kappa shape index (κ1) is 11.3. The lowest BCUT2D eigenvalue weighted by molar-refractivity contribution is 0.0247. The Kier molecular flexibility index (Phi) is 3.74. The highest BCUT2D eigenvalue weighted by Crippen LogP contribution is 2.19. The van der Waals surface area contributed by atoms with E-state index in [4.69, 9.17) is 9.84 Å². The van der Waals surface area contributed by atoms with Crippen molar-refractivity contribution in [2.24, 2.45) is 0 Å². The fourth-order valence-corrected chi connectivity index (χ4v) is 2.29. The summed E-state index contributed by atoms with van der Waals surface area (Å²) in [6.07, 6.45) is 4.99. The van der Waals surface area contributed by atoms with E-state index in [0.717, 1.165) is 30.8 Å². The third kappa shape index (κ3) is 2.93. The molecule has 5 nitrogen and oxygen atoms in total. The van der Waals surface area contributed by atoms with Crippen LogP contribution in [0.3, 0.4) is 0 Å². The van der Waals surface area contributed by atoms with E-state index in [-0.39, 0.29) is 11.0 Å². The van der Waals surface area contributed by atoms with Crippen molar-refractivity contribution in [3.05, 3.63) is 11.1 Å². The quantitative estimate of drug-likeness (QED) is 0.842. The van der Waals surface area contributed by atoms with Crippen molar-refractivity contribution in [3.63, 3.8) is 0 Å². The van der Waals surface area contributed by atoms with Crippen LogP contribution in [-0.4, -0.2) is 35.3 Å². The van der Waals surface area contributed by atoms with Crippen LogP contribution in [0.2, 0.25) is 0 Å². The van der Waals surface area contributed by atoms with Gasteiger partial charge in [0.1, 0.15) is 4.88 Å². The predicted molar refractivity (Wildman–Crippen MR) is 61.2 cm³/mol. The van der Waals surface area contributed by atoms with E-state index in [1.807, 2.05) is 0 Å². The Bertz CT molecular complexity index is 361. The van der Waals surface area contributed by atoms with E-state index in [1.165, 1.54) is 12.6 Å². The van der Waals surface area contributed by atoms with Gasteiger partial charge in [0.25, 0.3) is 0 Å². The number of thiazole rings is 1. The van der Waals surface area contributed by atoms with Crippen LogP contribution in [-0.2, 0) is 4.74 Å². The lowest BCUT2D eigenvalue weighted by atomic mass is 10.1. The molecule has 0 bridgehead atoms. The van der Waals surface area contributed by atoms with Gasteiger partial charge in [0, 0.05) is 13.2 Å². The molecule has 0 spiro atoms. The number of carboxylic acid groups (broad SMARTS) is 1. The maximum absolute atomic E-state index is 10.6. The van der Waals surface area contributed by atoms with E-state index in [2.05, 4.69) is 10.3 Å². The van der Waals surface area contributed by atoms with Crippen molar-refractivity contribution in [3.8, 4) is 0 Å². The third-order valence-corrected chi connectivity index (χ3v) is 3.41. The maximum atomic E-state index is 10.6. The van der Waals surface area contributed by atoms with Crippen molar-refractivity contribution in [1.29, 1.82) is 0 Å². The Balaban J connectivity index is 1.81. The van der Waals surface area contributed by atoms with Crippen LogP contribution in [0, 0.1) is 0 Å². The number of nitrogens with one attached hydrogen (secondary N) is 1. The fraction of sp³-hybridized carbons (Fsp3) is 0.600. The van der Waals surface area contributed by atoms with Gasteiger partial charge in [-0.2, -0.15) is 0 Å². The first-order valence-corrected chi connectivity index (χ1v) is 6.12. The van der Waals surface area contributed by atoms with Gasteiger partial charge in [-0.25, -0.2) is 9.78 Å². The molecule has 1 aromatic rings. The van der Waals surface area contributed by atoms with Crippen molar-refractivity contribution < 1.29 is 14.6 Å². The second-order valence-electron chi connectivity index (χ2n) is 3.70. The summed E-state index contributed by atoms with van der Waals surface area (Å²) >= 11 is 1.15. The smallest absolute Gasteiger partial charge is 0.347 e. The number of rotatable bonds is 4.